The second-order valence-corrected chi connectivity index (χ2v) is 7.39. The fourth-order valence-corrected chi connectivity index (χ4v) is 3.39. The number of fused-ring (bicyclic) bond motifs is 1. The average molecular weight is 431 g/mol. The number of carbonyl (C=O) groups is 2. The van der Waals surface area contributed by atoms with Gasteiger partial charge in [-0.05, 0) is 36.2 Å². The van der Waals surface area contributed by atoms with E-state index in [0.717, 1.165) is 11.1 Å². The molecule has 1 N–H and O–H groups in total. The van der Waals surface area contributed by atoms with E-state index in [-0.39, 0.29) is 18.8 Å². The molecule has 7 nitrogen and oxygen atoms in total. The quantitative estimate of drug-likeness (QED) is 0.353. The first-order valence-corrected chi connectivity index (χ1v) is 10.1. The Labute approximate surface area is 183 Å². The maximum Gasteiger partial charge on any atom is 0.336 e. The van der Waals surface area contributed by atoms with Gasteiger partial charge in [0.15, 0.2) is 5.76 Å². The van der Waals surface area contributed by atoms with Gasteiger partial charge in [-0.25, -0.2) is 9.59 Å². The van der Waals surface area contributed by atoms with Crippen LogP contribution in [0.2, 0.25) is 0 Å². The number of hydrogen-bond donors (Lipinski definition) is 1. The highest BCUT2D eigenvalue weighted by Crippen LogP contribution is 2.19. The molecule has 2 heterocycles. The van der Waals surface area contributed by atoms with Crippen LogP contribution in [0.3, 0.4) is 0 Å². The Morgan fingerprint density at radius 3 is 2.59 bits per heavy atom. The Hall–Kier alpha value is -4.13. The number of carbonyl (C=O) groups excluding carboxylic acids is 2. The molecule has 2 aromatic heterocycles. The number of furan rings is 1. The van der Waals surface area contributed by atoms with Gasteiger partial charge >= 0.3 is 11.6 Å². The average Bonchev–Trinajstić information content (AvgIpc) is 3.32. The molecule has 0 saturated heterocycles. The molecule has 162 valence electrons. The van der Waals surface area contributed by atoms with Crippen LogP contribution < -0.4 is 10.9 Å². The highest BCUT2D eigenvalue weighted by Gasteiger charge is 2.25. The molecule has 4 rings (SSSR count). The summed E-state index contributed by atoms with van der Waals surface area (Å²) in [6.45, 7) is 1.76. The summed E-state index contributed by atoms with van der Waals surface area (Å²) in [5.41, 5.74) is 2.23. The first-order valence-electron chi connectivity index (χ1n) is 10.1. The number of esters is 1. The van der Waals surface area contributed by atoms with Gasteiger partial charge in [0.1, 0.15) is 18.2 Å². The van der Waals surface area contributed by atoms with Crippen molar-refractivity contribution in [1.29, 1.82) is 0 Å². The van der Waals surface area contributed by atoms with Gasteiger partial charge in [0.2, 0.25) is 0 Å². The molecule has 7 heteroatoms. The van der Waals surface area contributed by atoms with Gasteiger partial charge < -0.3 is 18.9 Å². The third-order valence-electron chi connectivity index (χ3n) is 4.97. The van der Waals surface area contributed by atoms with Crippen LogP contribution in [0.25, 0.3) is 11.0 Å². The standard InChI is InChI=1S/C25H21NO6/c1-16-9-10-19-18(14-23(27)32-22(19)12-16)15-31-25(29)20(13-17-6-3-2-4-7-17)26-24(28)21-8-5-11-30-21/h2-12,14,20H,13,15H2,1H3,(H,26,28). The zero-order valence-corrected chi connectivity index (χ0v) is 17.4. The Kier molecular flexibility index (Phi) is 6.17. The van der Waals surface area contributed by atoms with Crippen molar-refractivity contribution in [1.82, 2.24) is 5.32 Å². The number of amides is 1. The molecule has 0 spiro atoms. The maximum absolute atomic E-state index is 12.9. The van der Waals surface area contributed by atoms with E-state index in [1.807, 2.05) is 49.4 Å². The molecule has 0 aliphatic rings. The van der Waals surface area contributed by atoms with Crippen LogP contribution in [0.4, 0.5) is 0 Å². The van der Waals surface area contributed by atoms with Crippen molar-refractivity contribution in [2.24, 2.45) is 0 Å². The zero-order valence-electron chi connectivity index (χ0n) is 17.4. The van der Waals surface area contributed by atoms with Crippen LogP contribution in [0, 0.1) is 6.92 Å². The van der Waals surface area contributed by atoms with E-state index >= 15 is 0 Å². The zero-order chi connectivity index (χ0) is 22.5. The minimum absolute atomic E-state index is 0.0953. The lowest BCUT2D eigenvalue weighted by molar-refractivity contribution is -0.147. The molecule has 1 amide bonds. The third-order valence-corrected chi connectivity index (χ3v) is 4.97. The van der Waals surface area contributed by atoms with Crippen molar-refractivity contribution < 1.29 is 23.2 Å². The molecular weight excluding hydrogens is 410 g/mol. The predicted octanol–water partition coefficient (Wildman–Crippen LogP) is 3.78. The van der Waals surface area contributed by atoms with E-state index in [9.17, 15) is 14.4 Å². The summed E-state index contributed by atoms with van der Waals surface area (Å²) in [5, 5.41) is 3.36. The van der Waals surface area contributed by atoms with Gasteiger partial charge in [0.05, 0.1) is 6.26 Å². The number of nitrogens with one attached hydrogen (secondary N) is 1. The number of rotatable bonds is 7. The molecule has 0 saturated carbocycles. The first kappa shape index (κ1) is 21.1. The van der Waals surface area contributed by atoms with Gasteiger partial charge in [0.25, 0.3) is 5.91 Å². The molecule has 32 heavy (non-hydrogen) atoms. The smallest absolute Gasteiger partial charge is 0.336 e. The molecule has 1 atom stereocenters. The minimum Gasteiger partial charge on any atom is -0.459 e. The highest BCUT2D eigenvalue weighted by molar-refractivity contribution is 5.94. The fraction of sp³-hybridized carbons (Fsp3) is 0.160. The van der Waals surface area contributed by atoms with Crippen LogP contribution >= 0.6 is 0 Å². The lowest BCUT2D eigenvalue weighted by atomic mass is 10.1. The Bertz CT molecular complexity index is 1290. The molecule has 0 aliphatic carbocycles. The maximum atomic E-state index is 12.9. The van der Waals surface area contributed by atoms with Crippen LogP contribution in [0.1, 0.15) is 27.2 Å². The van der Waals surface area contributed by atoms with E-state index in [0.29, 0.717) is 16.5 Å². The lowest BCUT2D eigenvalue weighted by Gasteiger charge is -2.17. The van der Waals surface area contributed by atoms with Crippen molar-refractivity contribution in [3.05, 3.63) is 106 Å². The number of aryl methyl sites for hydroxylation is 1. The molecule has 0 aliphatic heterocycles. The van der Waals surface area contributed by atoms with E-state index in [2.05, 4.69) is 5.32 Å². The molecule has 0 radical (unpaired) electrons. The van der Waals surface area contributed by atoms with Crippen molar-refractivity contribution in [3.63, 3.8) is 0 Å². The van der Waals surface area contributed by atoms with E-state index in [4.69, 9.17) is 13.6 Å². The Morgan fingerprint density at radius 2 is 1.84 bits per heavy atom. The summed E-state index contributed by atoms with van der Waals surface area (Å²) in [4.78, 5) is 37.3. The first-order chi connectivity index (χ1) is 15.5. The summed E-state index contributed by atoms with van der Waals surface area (Å²) in [6, 6.07) is 18.2. The largest absolute Gasteiger partial charge is 0.459 e. The van der Waals surface area contributed by atoms with Crippen molar-refractivity contribution in [2.45, 2.75) is 26.0 Å². The van der Waals surface area contributed by atoms with Gasteiger partial charge in [0, 0.05) is 23.4 Å². The lowest BCUT2D eigenvalue weighted by Crippen LogP contribution is -2.43. The second kappa shape index (κ2) is 9.34. The highest BCUT2D eigenvalue weighted by atomic mass is 16.5. The summed E-state index contributed by atoms with van der Waals surface area (Å²) >= 11 is 0. The summed E-state index contributed by atoms with van der Waals surface area (Å²) in [5.74, 6) is -1.05. The van der Waals surface area contributed by atoms with Crippen molar-refractivity contribution in [3.8, 4) is 0 Å². The number of hydrogen-bond acceptors (Lipinski definition) is 6. The van der Waals surface area contributed by atoms with Crippen LogP contribution in [-0.4, -0.2) is 17.9 Å². The molecule has 0 bridgehead atoms. The van der Waals surface area contributed by atoms with E-state index in [1.54, 1.807) is 12.1 Å². The molecule has 1 unspecified atom stereocenters. The minimum atomic E-state index is -0.941. The summed E-state index contributed by atoms with van der Waals surface area (Å²) < 4.78 is 15.9. The SMILES string of the molecule is Cc1ccc2c(COC(=O)C(Cc3ccccc3)NC(=O)c3ccco3)cc(=O)oc2c1. The Morgan fingerprint density at radius 1 is 1.03 bits per heavy atom. The van der Waals surface area contributed by atoms with Gasteiger partial charge in [-0.15, -0.1) is 0 Å². The second-order valence-electron chi connectivity index (χ2n) is 7.39. The normalized spacial score (nSPS) is 11.8. The van der Waals surface area contributed by atoms with E-state index < -0.39 is 23.5 Å². The summed E-state index contributed by atoms with van der Waals surface area (Å²) in [7, 11) is 0. The predicted molar refractivity (Wildman–Crippen MR) is 117 cm³/mol. The number of benzene rings is 2. The van der Waals surface area contributed by atoms with Crippen molar-refractivity contribution >= 4 is 22.8 Å². The molecule has 4 aromatic rings. The molecule has 0 fully saturated rings. The Balaban J connectivity index is 1.54. The van der Waals surface area contributed by atoms with Gasteiger partial charge in [-0.1, -0.05) is 42.5 Å². The van der Waals surface area contributed by atoms with Gasteiger partial charge in [-0.3, -0.25) is 4.79 Å². The third kappa shape index (κ3) is 4.95. The molecule has 2 aromatic carbocycles. The number of ether oxygens (including phenoxy) is 1. The van der Waals surface area contributed by atoms with Crippen LogP contribution in [-0.2, 0) is 22.6 Å². The van der Waals surface area contributed by atoms with Crippen LogP contribution in [0.5, 0.6) is 0 Å². The van der Waals surface area contributed by atoms with E-state index in [1.165, 1.54) is 18.4 Å². The molecular formula is C25H21NO6. The van der Waals surface area contributed by atoms with Gasteiger partial charge in [-0.2, -0.15) is 0 Å². The van der Waals surface area contributed by atoms with Crippen molar-refractivity contribution in [2.75, 3.05) is 0 Å². The monoisotopic (exact) mass is 431 g/mol. The fourth-order valence-electron chi connectivity index (χ4n) is 3.39. The summed E-state index contributed by atoms with van der Waals surface area (Å²) in [6.07, 6.45) is 1.62. The topological polar surface area (TPSA) is 98.7 Å². The van der Waals surface area contributed by atoms with Crippen LogP contribution in [0.15, 0.2) is 86.6 Å².